The largest absolute Gasteiger partial charge is 0.479 e. The zero-order valence-corrected chi connectivity index (χ0v) is 18.8. The molecule has 3 N–H and O–H groups in total. The molecule has 178 valence electrons. The van der Waals surface area contributed by atoms with Crippen LogP contribution < -0.4 is 10.6 Å². The first kappa shape index (κ1) is 22.4. The van der Waals surface area contributed by atoms with Crippen molar-refractivity contribution in [3.05, 3.63) is 59.7 Å². The quantitative estimate of drug-likeness (QED) is 0.605. The van der Waals surface area contributed by atoms with Crippen LogP contribution in [0.4, 0.5) is 4.79 Å². The third-order valence-corrected chi connectivity index (χ3v) is 7.23. The molecule has 34 heavy (non-hydrogen) atoms. The molecule has 8 heteroatoms. The number of amides is 2. The topological polar surface area (TPSA) is 114 Å². The first-order valence-corrected chi connectivity index (χ1v) is 11.8. The highest BCUT2D eigenvalue weighted by Gasteiger charge is 2.46. The molecule has 1 saturated carbocycles. The van der Waals surface area contributed by atoms with E-state index in [0.717, 1.165) is 35.1 Å². The standard InChI is InChI=1S/C26H28N2O6/c29-23(30)22-21(11-14-33-22)27-24(31)26(12-5-6-13-26)28-25(32)34-15-20-18-9-3-1-7-16(18)17-8-2-4-10-19(17)20/h1-4,7-10,20-22H,5-6,11-15H2,(H,27,31)(H,28,32)(H,29,30)/t21-,22+/m1/s1. The summed E-state index contributed by atoms with van der Waals surface area (Å²) < 4.78 is 10.9. The Labute approximate surface area is 197 Å². The van der Waals surface area contributed by atoms with Crippen molar-refractivity contribution in [1.29, 1.82) is 0 Å². The van der Waals surface area contributed by atoms with E-state index in [1.165, 1.54) is 0 Å². The van der Waals surface area contributed by atoms with Crippen LogP contribution in [0.1, 0.15) is 49.1 Å². The van der Waals surface area contributed by atoms with Gasteiger partial charge in [-0.15, -0.1) is 0 Å². The Kier molecular flexibility index (Phi) is 6.00. The van der Waals surface area contributed by atoms with Crippen LogP contribution in [0.2, 0.25) is 0 Å². The summed E-state index contributed by atoms with van der Waals surface area (Å²) in [5, 5.41) is 14.9. The van der Waals surface area contributed by atoms with E-state index >= 15 is 0 Å². The highest BCUT2D eigenvalue weighted by Crippen LogP contribution is 2.44. The van der Waals surface area contributed by atoms with Gasteiger partial charge in [0.1, 0.15) is 12.1 Å². The summed E-state index contributed by atoms with van der Waals surface area (Å²) in [6.07, 6.45) is 1.25. The third kappa shape index (κ3) is 4.03. The molecule has 5 rings (SSSR count). The molecule has 3 aliphatic rings. The number of fused-ring (bicyclic) bond motifs is 3. The number of carboxylic acids is 1. The van der Waals surface area contributed by atoms with Gasteiger partial charge in [0.05, 0.1) is 6.04 Å². The number of ether oxygens (including phenoxy) is 2. The molecule has 1 aliphatic heterocycles. The number of carbonyl (C=O) groups is 3. The average molecular weight is 465 g/mol. The van der Waals surface area contributed by atoms with Crippen molar-refractivity contribution in [2.75, 3.05) is 13.2 Å². The van der Waals surface area contributed by atoms with Crippen LogP contribution in [0.15, 0.2) is 48.5 Å². The zero-order valence-electron chi connectivity index (χ0n) is 18.8. The molecule has 0 bridgehead atoms. The zero-order chi connectivity index (χ0) is 23.7. The summed E-state index contributed by atoms with van der Waals surface area (Å²) in [5.74, 6) is -1.55. The molecule has 2 amide bonds. The second kappa shape index (κ2) is 9.10. The maximum absolute atomic E-state index is 13.2. The fourth-order valence-electron chi connectivity index (χ4n) is 5.50. The average Bonchev–Trinajstić information content (AvgIpc) is 3.56. The summed E-state index contributed by atoms with van der Waals surface area (Å²) >= 11 is 0. The lowest BCUT2D eigenvalue weighted by Gasteiger charge is -2.30. The first-order chi connectivity index (χ1) is 16.5. The monoisotopic (exact) mass is 464 g/mol. The normalized spacial score (nSPS) is 22.6. The van der Waals surface area contributed by atoms with E-state index in [9.17, 15) is 19.5 Å². The van der Waals surface area contributed by atoms with Gasteiger partial charge in [0.2, 0.25) is 5.91 Å². The lowest BCUT2D eigenvalue weighted by molar-refractivity contribution is -0.148. The molecule has 2 aromatic rings. The summed E-state index contributed by atoms with van der Waals surface area (Å²) in [5.41, 5.74) is 3.42. The number of benzene rings is 2. The van der Waals surface area contributed by atoms with E-state index < -0.39 is 29.7 Å². The summed E-state index contributed by atoms with van der Waals surface area (Å²) in [6.45, 7) is 0.434. The molecule has 0 aromatic heterocycles. The fourth-order valence-corrected chi connectivity index (χ4v) is 5.50. The lowest BCUT2D eigenvalue weighted by Crippen LogP contribution is -2.60. The Morgan fingerprint density at radius 2 is 1.62 bits per heavy atom. The van der Waals surface area contributed by atoms with Gasteiger partial charge in [-0.3, -0.25) is 4.79 Å². The van der Waals surface area contributed by atoms with E-state index in [-0.39, 0.29) is 25.0 Å². The summed E-state index contributed by atoms with van der Waals surface area (Å²) in [6, 6.07) is 15.6. The van der Waals surface area contributed by atoms with Crippen molar-refractivity contribution >= 4 is 18.0 Å². The van der Waals surface area contributed by atoms with Gasteiger partial charge in [-0.05, 0) is 41.5 Å². The molecule has 2 aromatic carbocycles. The number of hydrogen-bond donors (Lipinski definition) is 3. The van der Waals surface area contributed by atoms with Crippen molar-refractivity contribution in [1.82, 2.24) is 10.6 Å². The van der Waals surface area contributed by atoms with Crippen LogP contribution in [0.5, 0.6) is 0 Å². The molecule has 1 heterocycles. The minimum Gasteiger partial charge on any atom is -0.479 e. The molecule has 2 aliphatic carbocycles. The van der Waals surface area contributed by atoms with Crippen LogP contribution in [-0.4, -0.2) is 54.0 Å². The van der Waals surface area contributed by atoms with Crippen molar-refractivity contribution < 1.29 is 29.0 Å². The van der Waals surface area contributed by atoms with Gasteiger partial charge in [0.15, 0.2) is 6.10 Å². The van der Waals surface area contributed by atoms with Gasteiger partial charge in [-0.2, -0.15) is 0 Å². The number of carbonyl (C=O) groups excluding carboxylic acids is 2. The van der Waals surface area contributed by atoms with E-state index in [1.54, 1.807) is 0 Å². The number of hydrogen-bond acceptors (Lipinski definition) is 5. The first-order valence-electron chi connectivity index (χ1n) is 11.8. The minimum atomic E-state index is -1.10. The summed E-state index contributed by atoms with van der Waals surface area (Å²) in [4.78, 5) is 37.4. The SMILES string of the molecule is O=C(NC1(C(=O)N[C@@H]2CCO[C@@H]2C(=O)O)CCCC1)OCC1c2ccccc2-c2ccccc21. The Morgan fingerprint density at radius 3 is 2.24 bits per heavy atom. The molecular formula is C26H28N2O6. The summed E-state index contributed by atoms with van der Waals surface area (Å²) in [7, 11) is 0. The molecule has 8 nitrogen and oxygen atoms in total. The number of rotatable bonds is 6. The lowest BCUT2D eigenvalue weighted by atomic mass is 9.95. The van der Waals surface area contributed by atoms with Crippen LogP contribution in [0.3, 0.4) is 0 Å². The van der Waals surface area contributed by atoms with Gasteiger partial charge in [0, 0.05) is 12.5 Å². The van der Waals surface area contributed by atoms with E-state index in [1.807, 2.05) is 24.3 Å². The van der Waals surface area contributed by atoms with Crippen molar-refractivity contribution in [3.63, 3.8) is 0 Å². The van der Waals surface area contributed by atoms with E-state index in [0.29, 0.717) is 19.3 Å². The fraction of sp³-hybridized carbons (Fsp3) is 0.423. The highest BCUT2D eigenvalue weighted by molar-refractivity contribution is 5.91. The van der Waals surface area contributed by atoms with Gasteiger partial charge < -0.3 is 25.2 Å². The Morgan fingerprint density at radius 1 is 1.00 bits per heavy atom. The number of nitrogens with one attached hydrogen (secondary N) is 2. The molecule has 0 radical (unpaired) electrons. The van der Waals surface area contributed by atoms with Crippen LogP contribution in [-0.2, 0) is 19.1 Å². The van der Waals surface area contributed by atoms with Crippen molar-refractivity contribution in [2.45, 2.75) is 55.7 Å². The van der Waals surface area contributed by atoms with Crippen molar-refractivity contribution in [3.8, 4) is 11.1 Å². The molecule has 2 fully saturated rings. The molecule has 2 atom stereocenters. The van der Waals surface area contributed by atoms with Crippen LogP contribution in [0.25, 0.3) is 11.1 Å². The number of aliphatic carboxylic acids is 1. The van der Waals surface area contributed by atoms with Gasteiger partial charge in [-0.1, -0.05) is 61.4 Å². The predicted molar refractivity (Wildman–Crippen MR) is 123 cm³/mol. The molecule has 0 unspecified atom stereocenters. The minimum absolute atomic E-state index is 0.0709. The molecular weight excluding hydrogens is 436 g/mol. The van der Waals surface area contributed by atoms with Crippen LogP contribution in [0, 0.1) is 0 Å². The maximum atomic E-state index is 13.2. The van der Waals surface area contributed by atoms with Gasteiger partial charge in [0.25, 0.3) is 0 Å². The number of carboxylic acid groups (broad SMARTS) is 1. The van der Waals surface area contributed by atoms with Crippen molar-refractivity contribution in [2.24, 2.45) is 0 Å². The second-order valence-electron chi connectivity index (χ2n) is 9.24. The van der Waals surface area contributed by atoms with Crippen LogP contribution >= 0.6 is 0 Å². The van der Waals surface area contributed by atoms with E-state index in [4.69, 9.17) is 9.47 Å². The molecule has 1 saturated heterocycles. The third-order valence-electron chi connectivity index (χ3n) is 7.23. The van der Waals surface area contributed by atoms with E-state index in [2.05, 4.69) is 34.9 Å². The smallest absolute Gasteiger partial charge is 0.408 e. The highest BCUT2D eigenvalue weighted by atomic mass is 16.5. The maximum Gasteiger partial charge on any atom is 0.408 e. The second-order valence-corrected chi connectivity index (χ2v) is 9.24. The molecule has 0 spiro atoms. The predicted octanol–water partition coefficient (Wildman–Crippen LogP) is 3.20. The Bertz CT molecular complexity index is 1060. The number of alkyl carbamates (subject to hydrolysis) is 1. The Hall–Kier alpha value is -3.39. The van der Waals surface area contributed by atoms with Gasteiger partial charge in [-0.25, -0.2) is 9.59 Å². The van der Waals surface area contributed by atoms with Gasteiger partial charge >= 0.3 is 12.1 Å². The Balaban J connectivity index is 1.26.